The Bertz CT molecular complexity index is 560. The van der Waals surface area contributed by atoms with Crippen LogP contribution >= 0.6 is 0 Å². The molecule has 1 atom stereocenters. The van der Waals surface area contributed by atoms with E-state index in [0.29, 0.717) is 39.1 Å². The van der Waals surface area contributed by atoms with Gasteiger partial charge < -0.3 is 5.32 Å². The van der Waals surface area contributed by atoms with Crippen molar-refractivity contribution < 1.29 is 13.2 Å². The molecule has 3 rings (SSSR count). The van der Waals surface area contributed by atoms with Crippen LogP contribution in [0.2, 0.25) is 0 Å². The summed E-state index contributed by atoms with van der Waals surface area (Å²) in [5, 5.41) is 2.92. The van der Waals surface area contributed by atoms with Crippen molar-refractivity contribution in [3.8, 4) is 0 Å². The molecule has 0 aromatic rings. The summed E-state index contributed by atoms with van der Waals surface area (Å²) in [7, 11) is -1.34. The smallest absolute Gasteiger partial charge is 0.282 e. The molecule has 7 nitrogen and oxygen atoms in total. The predicted octanol–water partition coefficient (Wildman–Crippen LogP) is 0.394. The van der Waals surface area contributed by atoms with E-state index in [4.69, 9.17) is 0 Å². The van der Waals surface area contributed by atoms with Gasteiger partial charge in [-0.1, -0.05) is 12.8 Å². The molecule has 0 aromatic carbocycles. The van der Waals surface area contributed by atoms with Gasteiger partial charge in [0.2, 0.25) is 5.91 Å². The van der Waals surface area contributed by atoms with E-state index < -0.39 is 10.2 Å². The monoisotopic (exact) mass is 358 g/mol. The number of nitrogens with one attached hydrogen (secondary N) is 1. The van der Waals surface area contributed by atoms with Gasteiger partial charge in [-0.15, -0.1) is 0 Å². The third kappa shape index (κ3) is 3.61. The van der Waals surface area contributed by atoms with E-state index in [1.165, 1.54) is 0 Å². The third-order valence-corrected chi connectivity index (χ3v) is 7.89. The molecule has 3 fully saturated rings. The predicted molar refractivity (Wildman–Crippen MR) is 92.8 cm³/mol. The highest BCUT2D eigenvalue weighted by atomic mass is 32.2. The van der Waals surface area contributed by atoms with Crippen molar-refractivity contribution in [3.05, 3.63) is 0 Å². The molecule has 1 N–H and O–H groups in total. The molecule has 0 bridgehead atoms. The minimum atomic E-state index is -3.40. The first-order chi connectivity index (χ1) is 11.4. The van der Waals surface area contributed by atoms with Crippen LogP contribution in [-0.4, -0.2) is 79.7 Å². The van der Waals surface area contributed by atoms with Crippen LogP contribution in [0.4, 0.5) is 0 Å². The fraction of sp³-hybridized carbons (Fsp3) is 0.938. The van der Waals surface area contributed by atoms with Crippen LogP contribution in [0.25, 0.3) is 0 Å². The number of hydrogen-bond donors (Lipinski definition) is 1. The Morgan fingerprint density at radius 1 is 0.958 bits per heavy atom. The van der Waals surface area contributed by atoms with Crippen molar-refractivity contribution in [2.45, 2.75) is 50.5 Å². The topological polar surface area (TPSA) is 73.0 Å². The van der Waals surface area contributed by atoms with Gasteiger partial charge in [0.15, 0.2) is 0 Å². The van der Waals surface area contributed by atoms with Gasteiger partial charge >= 0.3 is 0 Å². The van der Waals surface area contributed by atoms with Gasteiger partial charge in [-0.2, -0.15) is 17.0 Å². The summed E-state index contributed by atoms with van der Waals surface area (Å²) in [5.41, 5.74) is -0.226. The first kappa shape index (κ1) is 18.1. The molecule has 3 heterocycles. The lowest BCUT2D eigenvalue weighted by atomic mass is 9.87. The van der Waals surface area contributed by atoms with Crippen molar-refractivity contribution in [1.29, 1.82) is 0 Å². The molecule has 24 heavy (non-hydrogen) atoms. The second-order valence-electron chi connectivity index (χ2n) is 7.40. The van der Waals surface area contributed by atoms with Gasteiger partial charge in [0.1, 0.15) is 0 Å². The van der Waals surface area contributed by atoms with Gasteiger partial charge in [0.25, 0.3) is 10.2 Å². The normalized spacial score (nSPS) is 32.3. The molecule has 0 radical (unpaired) electrons. The Balaban J connectivity index is 1.77. The first-order valence-electron chi connectivity index (χ1n) is 9.17. The van der Waals surface area contributed by atoms with E-state index in [-0.39, 0.29) is 11.4 Å². The largest absolute Gasteiger partial charge is 0.356 e. The average Bonchev–Trinajstić information content (AvgIpc) is 2.93. The molecular formula is C16H30N4O3S. The summed E-state index contributed by atoms with van der Waals surface area (Å²) in [5.74, 6) is 0.0766. The van der Waals surface area contributed by atoms with Gasteiger partial charge in [0, 0.05) is 51.2 Å². The van der Waals surface area contributed by atoms with Crippen molar-refractivity contribution in [3.63, 3.8) is 0 Å². The minimum Gasteiger partial charge on any atom is -0.356 e. The Kier molecular flexibility index (Phi) is 5.48. The second-order valence-corrected chi connectivity index (χ2v) is 9.33. The lowest BCUT2D eigenvalue weighted by molar-refractivity contribution is -0.121. The van der Waals surface area contributed by atoms with Crippen LogP contribution in [-0.2, 0) is 15.0 Å². The van der Waals surface area contributed by atoms with Crippen LogP contribution in [0.3, 0.4) is 0 Å². The number of piperazine rings is 1. The highest BCUT2D eigenvalue weighted by molar-refractivity contribution is 7.86. The van der Waals surface area contributed by atoms with Crippen molar-refractivity contribution in [1.82, 2.24) is 18.8 Å². The van der Waals surface area contributed by atoms with Gasteiger partial charge in [-0.3, -0.25) is 9.69 Å². The van der Waals surface area contributed by atoms with Crippen molar-refractivity contribution >= 4 is 16.1 Å². The molecule has 1 spiro atoms. The number of amides is 1. The Hall–Kier alpha value is -0.700. The summed E-state index contributed by atoms with van der Waals surface area (Å²) < 4.78 is 29.6. The molecule has 0 saturated carbocycles. The number of hydrogen-bond acceptors (Lipinski definition) is 4. The molecule has 3 aliphatic rings. The molecular weight excluding hydrogens is 328 g/mol. The van der Waals surface area contributed by atoms with E-state index in [1.807, 2.05) is 0 Å². The zero-order valence-electron chi connectivity index (χ0n) is 14.7. The van der Waals surface area contributed by atoms with Crippen molar-refractivity contribution in [2.24, 2.45) is 0 Å². The molecule has 138 valence electrons. The van der Waals surface area contributed by atoms with Crippen LogP contribution in [0.5, 0.6) is 0 Å². The molecule has 0 unspecified atom stereocenters. The van der Waals surface area contributed by atoms with Crippen LogP contribution < -0.4 is 5.32 Å². The molecule has 3 saturated heterocycles. The Morgan fingerprint density at radius 3 is 2.38 bits per heavy atom. The molecule has 0 aromatic heterocycles. The molecule has 1 amide bonds. The van der Waals surface area contributed by atoms with Gasteiger partial charge in [-0.05, 0) is 32.7 Å². The highest BCUT2D eigenvalue weighted by Crippen LogP contribution is 2.32. The van der Waals surface area contributed by atoms with Crippen LogP contribution in [0.15, 0.2) is 0 Å². The molecule has 0 aliphatic carbocycles. The zero-order valence-corrected chi connectivity index (χ0v) is 15.5. The maximum Gasteiger partial charge on any atom is 0.282 e. The number of likely N-dealkylation sites (N-methyl/N-ethyl adjacent to an activating group) is 1. The maximum atomic E-state index is 13.1. The standard InChI is InChI=1S/C16H30N4O3S/c1-18-12-13-20(14-16(18)7-6-15(21)17-9-8-16)24(22,23)19-10-4-2-3-5-11-19/h2-14H2,1H3,(H,17,21)/t16-/m0/s1. The summed E-state index contributed by atoms with van der Waals surface area (Å²) in [6.07, 6.45) is 6.15. The lowest BCUT2D eigenvalue weighted by Crippen LogP contribution is -2.63. The summed E-state index contributed by atoms with van der Waals surface area (Å²) in [6.45, 7) is 3.67. The fourth-order valence-corrected chi connectivity index (χ4v) is 5.96. The second kappa shape index (κ2) is 7.27. The number of rotatable bonds is 2. The Labute approximate surface area is 145 Å². The maximum absolute atomic E-state index is 13.1. The number of nitrogens with zero attached hydrogens (tertiary/aromatic N) is 3. The summed E-state index contributed by atoms with van der Waals surface area (Å²) >= 11 is 0. The zero-order chi connectivity index (χ0) is 17.2. The van der Waals surface area contributed by atoms with E-state index >= 15 is 0 Å². The average molecular weight is 359 g/mol. The van der Waals surface area contributed by atoms with Crippen LogP contribution in [0.1, 0.15) is 44.9 Å². The number of carbonyl (C=O) groups is 1. The van der Waals surface area contributed by atoms with Gasteiger partial charge in [0.05, 0.1) is 0 Å². The lowest BCUT2D eigenvalue weighted by Gasteiger charge is -2.49. The Morgan fingerprint density at radius 2 is 1.67 bits per heavy atom. The minimum absolute atomic E-state index is 0.0766. The quantitative estimate of drug-likeness (QED) is 0.775. The molecule has 8 heteroatoms. The van der Waals surface area contributed by atoms with Crippen molar-refractivity contribution in [2.75, 3.05) is 46.3 Å². The van der Waals surface area contributed by atoms with Crippen LogP contribution in [0, 0.1) is 0 Å². The fourth-order valence-electron chi connectivity index (χ4n) is 4.19. The first-order valence-corrected chi connectivity index (χ1v) is 10.6. The van der Waals surface area contributed by atoms with E-state index in [1.54, 1.807) is 8.61 Å². The van der Waals surface area contributed by atoms with E-state index in [0.717, 1.165) is 45.1 Å². The number of carbonyl (C=O) groups excluding carboxylic acids is 1. The SMILES string of the molecule is CN1CCN(S(=O)(=O)N2CCCCCC2)C[C@]12CCNC(=O)CC2. The van der Waals surface area contributed by atoms with E-state index in [2.05, 4.69) is 17.3 Å². The van der Waals surface area contributed by atoms with E-state index in [9.17, 15) is 13.2 Å². The van der Waals surface area contributed by atoms with Gasteiger partial charge in [-0.25, -0.2) is 0 Å². The highest BCUT2D eigenvalue weighted by Gasteiger charge is 2.45. The summed E-state index contributed by atoms with van der Waals surface area (Å²) in [6, 6.07) is 0. The third-order valence-electron chi connectivity index (χ3n) is 5.91. The molecule has 3 aliphatic heterocycles. The summed E-state index contributed by atoms with van der Waals surface area (Å²) in [4.78, 5) is 14.0.